The molecular formula is C14H21N3O3S. The topological polar surface area (TPSA) is 62.7 Å². The Bertz CT molecular complexity index is 517. The maximum atomic E-state index is 12.4. The van der Waals surface area contributed by atoms with Gasteiger partial charge in [-0.25, -0.2) is 4.98 Å². The molecule has 2 heterocycles. The SMILES string of the molecule is COCCN1C[C@@H](C(=O)N(C)Cc2csc(C)n2)CC1=O. The van der Waals surface area contributed by atoms with E-state index in [1.165, 1.54) is 0 Å². The second-order valence-corrected chi connectivity index (χ2v) is 6.35. The molecule has 0 spiro atoms. The van der Waals surface area contributed by atoms with Crippen molar-refractivity contribution in [3.05, 3.63) is 16.1 Å². The Morgan fingerprint density at radius 3 is 3.00 bits per heavy atom. The van der Waals surface area contributed by atoms with E-state index in [2.05, 4.69) is 4.98 Å². The van der Waals surface area contributed by atoms with Gasteiger partial charge in [0.1, 0.15) is 0 Å². The number of ether oxygens (including phenoxy) is 1. The Kier molecular flexibility index (Phi) is 5.30. The maximum Gasteiger partial charge on any atom is 0.228 e. The Balaban J connectivity index is 1.89. The average molecular weight is 311 g/mol. The summed E-state index contributed by atoms with van der Waals surface area (Å²) in [6, 6.07) is 0. The molecule has 1 fully saturated rings. The smallest absolute Gasteiger partial charge is 0.228 e. The van der Waals surface area contributed by atoms with E-state index < -0.39 is 0 Å². The summed E-state index contributed by atoms with van der Waals surface area (Å²) < 4.78 is 4.98. The van der Waals surface area contributed by atoms with Gasteiger partial charge >= 0.3 is 0 Å². The van der Waals surface area contributed by atoms with E-state index in [1.807, 2.05) is 12.3 Å². The van der Waals surface area contributed by atoms with Crippen LogP contribution in [0.4, 0.5) is 0 Å². The van der Waals surface area contributed by atoms with E-state index in [0.29, 0.717) is 32.7 Å². The molecule has 1 saturated heterocycles. The summed E-state index contributed by atoms with van der Waals surface area (Å²) in [5, 5.41) is 2.96. The minimum atomic E-state index is -0.251. The lowest BCUT2D eigenvalue weighted by Crippen LogP contribution is -2.35. The maximum absolute atomic E-state index is 12.4. The largest absolute Gasteiger partial charge is 0.383 e. The van der Waals surface area contributed by atoms with Gasteiger partial charge in [-0.15, -0.1) is 11.3 Å². The van der Waals surface area contributed by atoms with E-state index in [0.717, 1.165) is 10.7 Å². The fraction of sp³-hybridized carbons (Fsp3) is 0.643. The van der Waals surface area contributed by atoms with Gasteiger partial charge in [-0.3, -0.25) is 9.59 Å². The average Bonchev–Trinajstić information content (AvgIpc) is 3.02. The zero-order valence-electron chi connectivity index (χ0n) is 12.7. The highest BCUT2D eigenvalue weighted by Gasteiger charge is 2.35. The zero-order chi connectivity index (χ0) is 15.4. The number of hydrogen-bond donors (Lipinski definition) is 0. The van der Waals surface area contributed by atoms with Crippen molar-refractivity contribution in [2.45, 2.75) is 19.9 Å². The first-order valence-corrected chi connectivity index (χ1v) is 7.82. The van der Waals surface area contributed by atoms with Gasteiger partial charge in [0.15, 0.2) is 0 Å². The molecule has 0 N–H and O–H groups in total. The third-order valence-electron chi connectivity index (χ3n) is 3.57. The molecule has 21 heavy (non-hydrogen) atoms. The number of aromatic nitrogens is 1. The fourth-order valence-corrected chi connectivity index (χ4v) is 3.07. The van der Waals surface area contributed by atoms with E-state index in [1.54, 1.807) is 35.3 Å². The molecule has 1 aliphatic heterocycles. The normalized spacial score (nSPS) is 18.3. The van der Waals surface area contributed by atoms with Crippen LogP contribution in [-0.4, -0.2) is 60.5 Å². The van der Waals surface area contributed by atoms with Crippen molar-refractivity contribution < 1.29 is 14.3 Å². The van der Waals surface area contributed by atoms with Gasteiger partial charge in [-0.2, -0.15) is 0 Å². The van der Waals surface area contributed by atoms with E-state index in [9.17, 15) is 9.59 Å². The van der Waals surface area contributed by atoms with Gasteiger partial charge in [0.25, 0.3) is 0 Å². The molecule has 0 unspecified atom stereocenters. The minimum absolute atomic E-state index is 0.00826. The van der Waals surface area contributed by atoms with Crippen LogP contribution in [0.25, 0.3) is 0 Å². The number of hydrogen-bond acceptors (Lipinski definition) is 5. The van der Waals surface area contributed by atoms with Gasteiger partial charge in [0.05, 0.1) is 29.8 Å². The summed E-state index contributed by atoms with van der Waals surface area (Å²) in [5.74, 6) is -0.212. The van der Waals surface area contributed by atoms with Crippen LogP contribution in [0.15, 0.2) is 5.38 Å². The van der Waals surface area contributed by atoms with Gasteiger partial charge in [0, 0.05) is 39.0 Å². The standard InChI is InChI=1S/C14H21N3O3S/c1-10-15-12(9-21-10)8-16(2)14(19)11-6-13(18)17(7-11)4-5-20-3/h9,11H,4-8H2,1-3H3/t11-/m0/s1. The Labute approximate surface area is 128 Å². The van der Waals surface area contributed by atoms with Gasteiger partial charge in [0.2, 0.25) is 11.8 Å². The van der Waals surface area contributed by atoms with Crippen LogP contribution in [-0.2, 0) is 20.9 Å². The number of methoxy groups -OCH3 is 1. The van der Waals surface area contributed by atoms with Crippen molar-refractivity contribution >= 4 is 23.2 Å². The number of amides is 2. The highest BCUT2D eigenvalue weighted by atomic mass is 32.1. The molecule has 1 aromatic heterocycles. The highest BCUT2D eigenvalue weighted by molar-refractivity contribution is 7.09. The van der Waals surface area contributed by atoms with Crippen molar-refractivity contribution in [3.63, 3.8) is 0 Å². The molecule has 0 aliphatic carbocycles. The predicted molar refractivity (Wildman–Crippen MR) is 79.9 cm³/mol. The van der Waals surface area contributed by atoms with E-state index in [4.69, 9.17) is 4.74 Å². The van der Waals surface area contributed by atoms with Crippen LogP contribution >= 0.6 is 11.3 Å². The molecule has 2 rings (SSSR count). The summed E-state index contributed by atoms with van der Waals surface area (Å²) in [6.45, 7) is 3.97. The molecular weight excluding hydrogens is 290 g/mol. The van der Waals surface area contributed by atoms with Crippen LogP contribution in [0.1, 0.15) is 17.1 Å². The van der Waals surface area contributed by atoms with Crippen molar-refractivity contribution in [1.29, 1.82) is 0 Å². The molecule has 1 aliphatic rings. The second kappa shape index (κ2) is 7.00. The van der Waals surface area contributed by atoms with Gasteiger partial charge in [-0.05, 0) is 6.92 Å². The molecule has 7 heteroatoms. The minimum Gasteiger partial charge on any atom is -0.383 e. The first kappa shape index (κ1) is 15.9. The van der Waals surface area contributed by atoms with Crippen LogP contribution in [0.5, 0.6) is 0 Å². The third kappa shape index (κ3) is 4.01. The lowest BCUT2D eigenvalue weighted by atomic mass is 10.1. The molecule has 0 saturated carbocycles. The Hall–Kier alpha value is -1.47. The van der Waals surface area contributed by atoms with E-state index >= 15 is 0 Å². The fourth-order valence-electron chi connectivity index (χ4n) is 2.47. The number of carbonyl (C=O) groups excluding carboxylic acids is 2. The summed E-state index contributed by atoms with van der Waals surface area (Å²) in [7, 11) is 3.37. The molecule has 0 bridgehead atoms. The number of aryl methyl sites for hydroxylation is 1. The first-order valence-electron chi connectivity index (χ1n) is 6.94. The lowest BCUT2D eigenvalue weighted by Gasteiger charge is -2.20. The van der Waals surface area contributed by atoms with Crippen LogP contribution in [0, 0.1) is 12.8 Å². The molecule has 116 valence electrons. The number of likely N-dealkylation sites (tertiary alicyclic amines) is 1. The highest BCUT2D eigenvalue weighted by Crippen LogP contribution is 2.20. The molecule has 1 aromatic rings. The van der Waals surface area contributed by atoms with Crippen LogP contribution in [0.3, 0.4) is 0 Å². The molecule has 6 nitrogen and oxygen atoms in total. The van der Waals surface area contributed by atoms with Crippen molar-refractivity contribution in [2.75, 3.05) is 33.9 Å². The lowest BCUT2D eigenvalue weighted by molar-refractivity contribution is -0.135. The van der Waals surface area contributed by atoms with Crippen LogP contribution in [0.2, 0.25) is 0 Å². The van der Waals surface area contributed by atoms with Crippen molar-refractivity contribution in [2.24, 2.45) is 5.92 Å². The van der Waals surface area contributed by atoms with Gasteiger partial charge < -0.3 is 14.5 Å². The number of thiazole rings is 1. The summed E-state index contributed by atoms with van der Waals surface area (Å²) in [5.41, 5.74) is 0.897. The second-order valence-electron chi connectivity index (χ2n) is 5.29. The third-order valence-corrected chi connectivity index (χ3v) is 4.39. The first-order chi connectivity index (χ1) is 10.0. The molecule has 2 amide bonds. The number of rotatable bonds is 6. The predicted octanol–water partition coefficient (Wildman–Crippen LogP) is 0.905. The number of nitrogens with zero attached hydrogens (tertiary/aromatic N) is 3. The number of carbonyl (C=O) groups is 2. The summed E-state index contributed by atoms with van der Waals surface area (Å²) in [4.78, 5) is 32.0. The molecule has 0 aromatic carbocycles. The Morgan fingerprint density at radius 1 is 1.62 bits per heavy atom. The summed E-state index contributed by atoms with van der Waals surface area (Å²) in [6.07, 6.45) is 0.295. The van der Waals surface area contributed by atoms with Crippen molar-refractivity contribution in [3.8, 4) is 0 Å². The summed E-state index contributed by atoms with van der Waals surface area (Å²) >= 11 is 1.57. The van der Waals surface area contributed by atoms with E-state index in [-0.39, 0.29) is 17.7 Å². The quantitative estimate of drug-likeness (QED) is 0.783. The Morgan fingerprint density at radius 2 is 2.38 bits per heavy atom. The molecule has 0 radical (unpaired) electrons. The van der Waals surface area contributed by atoms with Gasteiger partial charge in [-0.1, -0.05) is 0 Å². The monoisotopic (exact) mass is 311 g/mol. The van der Waals surface area contributed by atoms with Crippen molar-refractivity contribution in [1.82, 2.24) is 14.8 Å². The zero-order valence-corrected chi connectivity index (χ0v) is 13.5. The molecule has 1 atom stereocenters. The van der Waals surface area contributed by atoms with Crippen LogP contribution < -0.4 is 0 Å².